The van der Waals surface area contributed by atoms with Gasteiger partial charge < -0.3 is 14.8 Å². The monoisotopic (exact) mass is 299 g/mol. The number of hydrogen-bond donors (Lipinski definition) is 2. The van der Waals surface area contributed by atoms with Crippen molar-refractivity contribution in [2.45, 2.75) is 20.0 Å². The first-order valence-corrected chi connectivity index (χ1v) is 6.30. The molecule has 0 spiro atoms. The Morgan fingerprint density at radius 2 is 2.14 bits per heavy atom. The van der Waals surface area contributed by atoms with Gasteiger partial charge in [-0.1, -0.05) is 0 Å². The zero-order valence-electron chi connectivity index (χ0n) is 12.1. The number of esters is 1. The van der Waals surface area contributed by atoms with E-state index in [1.165, 1.54) is 20.0 Å². The van der Waals surface area contributed by atoms with Crippen molar-refractivity contribution in [3.63, 3.8) is 0 Å². The van der Waals surface area contributed by atoms with Crippen LogP contribution in [0.1, 0.15) is 13.8 Å². The Morgan fingerprint density at radius 3 is 2.71 bits per heavy atom. The van der Waals surface area contributed by atoms with Gasteiger partial charge in [0.1, 0.15) is 17.3 Å². The molecule has 1 aromatic carbocycles. The summed E-state index contributed by atoms with van der Waals surface area (Å²) in [4.78, 5) is 23.1. The SMILES string of the molecule is CCOC(=O)C(C)Oc1cc(F)ccc1N(N)C(=O)NC. The minimum atomic E-state index is -0.969. The number of nitrogens with zero attached hydrogens (tertiary/aromatic N) is 1. The molecule has 0 heterocycles. The number of benzene rings is 1. The summed E-state index contributed by atoms with van der Waals surface area (Å²) in [6.45, 7) is 3.31. The summed E-state index contributed by atoms with van der Waals surface area (Å²) in [6, 6.07) is 2.82. The van der Waals surface area contributed by atoms with Crippen molar-refractivity contribution in [3.8, 4) is 5.75 Å². The largest absolute Gasteiger partial charge is 0.477 e. The van der Waals surface area contributed by atoms with Crippen molar-refractivity contribution in [2.75, 3.05) is 18.7 Å². The molecule has 8 heteroatoms. The molecular formula is C13H18FN3O4. The third kappa shape index (κ3) is 4.32. The first-order valence-electron chi connectivity index (χ1n) is 6.30. The lowest BCUT2D eigenvalue weighted by molar-refractivity contribution is -0.150. The van der Waals surface area contributed by atoms with E-state index in [4.69, 9.17) is 15.3 Å². The molecule has 0 aromatic heterocycles. The molecule has 0 saturated heterocycles. The summed E-state index contributed by atoms with van der Waals surface area (Å²) in [6.07, 6.45) is -0.969. The first kappa shape index (κ1) is 16.7. The van der Waals surface area contributed by atoms with Gasteiger partial charge in [0.25, 0.3) is 0 Å². The lowest BCUT2D eigenvalue weighted by Crippen LogP contribution is -2.43. The van der Waals surface area contributed by atoms with E-state index in [2.05, 4.69) is 5.32 Å². The summed E-state index contributed by atoms with van der Waals surface area (Å²) in [7, 11) is 1.40. The summed E-state index contributed by atoms with van der Waals surface area (Å²) < 4.78 is 23.5. The normalized spacial score (nSPS) is 11.5. The third-order valence-electron chi connectivity index (χ3n) is 2.54. The molecule has 1 aromatic rings. The Balaban J connectivity index is 3.02. The highest BCUT2D eigenvalue weighted by molar-refractivity contribution is 5.92. The fraction of sp³-hybridized carbons (Fsp3) is 0.385. The molecule has 0 aliphatic heterocycles. The fourth-order valence-corrected chi connectivity index (χ4v) is 1.51. The highest BCUT2D eigenvalue weighted by Crippen LogP contribution is 2.28. The van der Waals surface area contributed by atoms with Gasteiger partial charge in [-0.05, 0) is 26.0 Å². The number of amides is 2. The molecule has 1 atom stereocenters. The lowest BCUT2D eigenvalue weighted by Gasteiger charge is -2.21. The Hall–Kier alpha value is -2.35. The number of urea groups is 1. The number of carbonyl (C=O) groups is 2. The molecule has 0 aliphatic carbocycles. The second-order valence-electron chi connectivity index (χ2n) is 4.05. The third-order valence-corrected chi connectivity index (χ3v) is 2.54. The highest BCUT2D eigenvalue weighted by Gasteiger charge is 2.21. The zero-order valence-corrected chi connectivity index (χ0v) is 12.1. The van der Waals surface area contributed by atoms with E-state index >= 15 is 0 Å². The number of anilines is 1. The van der Waals surface area contributed by atoms with Crippen molar-refractivity contribution >= 4 is 17.7 Å². The predicted molar refractivity (Wildman–Crippen MR) is 74.2 cm³/mol. The summed E-state index contributed by atoms with van der Waals surface area (Å²) >= 11 is 0. The number of rotatable bonds is 5. The van der Waals surface area contributed by atoms with E-state index in [0.717, 1.165) is 17.1 Å². The van der Waals surface area contributed by atoms with Gasteiger partial charge in [-0.15, -0.1) is 0 Å². The number of nitrogens with two attached hydrogens (primary N) is 1. The van der Waals surface area contributed by atoms with Gasteiger partial charge in [0.15, 0.2) is 6.10 Å². The Labute approximate surface area is 121 Å². The number of carbonyl (C=O) groups excluding carboxylic acids is 2. The van der Waals surface area contributed by atoms with Gasteiger partial charge in [-0.3, -0.25) is 0 Å². The average molecular weight is 299 g/mol. The van der Waals surface area contributed by atoms with Crippen LogP contribution in [0, 0.1) is 5.82 Å². The molecule has 0 aliphatic rings. The first-order chi connectivity index (χ1) is 9.90. The van der Waals surface area contributed by atoms with Gasteiger partial charge in [-0.25, -0.2) is 24.8 Å². The standard InChI is InChI=1S/C13H18FN3O4/c1-4-20-12(18)8(2)21-11-7-9(14)5-6-10(11)17(15)13(19)16-3/h5-8H,4,15H2,1-3H3,(H,16,19). The van der Waals surface area contributed by atoms with Crippen LogP contribution in [0.25, 0.3) is 0 Å². The van der Waals surface area contributed by atoms with E-state index in [9.17, 15) is 14.0 Å². The number of hydrazine groups is 1. The summed E-state index contributed by atoms with van der Waals surface area (Å²) in [5, 5.41) is 3.08. The molecule has 3 N–H and O–H groups in total. The molecule has 0 radical (unpaired) electrons. The van der Waals surface area contributed by atoms with Crippen molar-refractivity contribution in [2.24, 2.45) is 5.84 Å². The van der Waals surface area contributed by atoms with Crippen LogP contribution in [0.5, 0.6) is 5.75 Å². The Kier molecular flexibility index (Phi) is 5.92. The fourth-order valence-electron chi connectivity index (χ4n) is 1.51. The van der Waals surface area contributed by atoms with Crippen LogP contribution in [0.4, 0.5) is 14.9 Å². The molecular weight excluding hydrogens is 281 g/mol. The summed E-state index contributed by atoms with van der Waals surface area (Å²) in [5.74, 6) is 4.38. The molecule has 21 heavy (non-hydrogen) atoms. The predicted octanol–water partition coefficient (Wildman–Crippen LogP) is 1.18. The smallest absolute Gasteiger partial charge is 0.347 e. The maximum absolute atomic E-state index is 13.3. The van der Waals surface area contributed by atoms with Crippen molar-refractivity contribution < 1.29 is 23.5 Å². The number of ether oxygens (including phenoxy) is 2. The molecule has 2 amide bonds. The van der Waals surface area contributed by atoms with E-state index in [0.29, 0.717) is 0 Å². The molecule has 0 saturated carbocycles. The van der Waals surface area contributed by atoms with Crippen LogP contribution in [-0.2, 0) is 9.53 Å². The van der Waals surface area contributed by atoms with Crippen molar-refractivity contribution in [1.29, 1.82) is 0 Å². The average Bonchev–Trinajstić information content (AvgIpc) is 2.46. The van der Waals surface area contributed by atoms with Gasteiger partial charge in [0.05, 0.1) is 6.61 Å². The van der Waals surface area contributed by atoms with E-state index in [-0.39, 0.29) is 18.0 Å². The van der Waals surface area contributed by atoms with Crippen molar-refractivity contribution in [1.82, 2.24) is 5.32 Å². The quantitative estimate of drug-likeness (QED) is 0.368. The second-order valence-corrected chi connectivity index (χ2v) is 4.05. The minimum absolute atomic E-state index is 0.0401. The van der Waals surface area contributed by atoms with E-state index < -0.39 is 23.9 Å². The van der Waals surface area contributed by atoms with Crippen LogP contribution in [0.2, 0.25) is 0 Å². The van der Waals surface area contributed by atoms with E-state index in [1.54, 1.807) is 6.92 Å². The Bertz CT molecular complexity index is 524. The highest BCUT2D eigenvalue weighted by atomic mass is 19.1. The number of nitrogens with one attached hydrogen (secondary N) is 1. The molecule has 0 fully saturated rings. The molecule has 7 nitrogen and oxygen atoms in total. The Morgan fingerprint density at radius 1 is 1.48 bits per heavy atom. The molecule has 116 valence electrons. The van der Waals surface area contributed by atoms with Gasteiger partial charge in [0, 0.05) is 13.1 Å². The van der Waals surface area contributed by atoms with Crippen molar-refractivity contribution in [3.05, 3.63) is 24.0 Å². The van der Waals surface area contributed by atoms with Crippen LogP contribution < -0.4 is 20.9 Å². The van der Waals surface area contributed by atoms with Crippen LogP contribution >= 0.6 is 0 Å². The topological polar surface area (TPSA) is 93.9 Å². The molecule has 1 rings (SSSR count). The lowest BCUT2D eigenvalue weighted by atomic mass is 10.2. The van der Waals surface area contributed by atoms with Crippen LogP contribution in [0.15, 0.2) is 18.2 Å². The summed E-state index contributed by atoms with van der Waals surface area (Å²) in [5.41, 5.74) is 0.117. The number of halogens is 1. The maximum atomic E-state index is 13.3. The molecule has 0 bridgehead atoms. The van der Waals surface area contributed by atoms with Gasteiger partial charge in [-0.2, -0.15) is 0 Å². The van der Waals surface area contributed by atoms with Gasteiger partial charge >= 0.3 is 12.0 Å². The van der Waals surface area contributed by atoms with Gasteiger partial charge in [0.2, 0.25) is 0 Å². The van der Waals surface area contributed by atoms with Crippen LogP contribution in [0.3, 0.4) is 0 Å². The second kappa shape index (κ2) is 7.44. The van der Waals surface area contributed by atoms with E-state index in [1.807, 2.05) is 0 Å². The molecule has 1 unspecified atom stereocenters. The zero-order chi connectivity index (χ0) is 16.0. The number of hydrogen-bond acceptors (Lipinski definition) is 5. The minimum Gasteiger partial charge on any atom is -0.477 e. The maximum Gasteiger partial charge on any atom is 0.347 e. The van der Waals surface area contributed by atoms with Crippen LogP contribution in [-0.4, -0.2) is 31.8 Å².